The summed E-state index contributed by atoms with van der Waals surface area (Å²) >= 11 is 0. The van der Waals surface area contributed by atoms with Gasteiger partial charge in [-0.3, -0.25) is 4.90 Å². The molecule has 0 aliphatic carbocycles. The molecule has 1 heterocycles. The smallest absolute Gasteiger partial charge is 0.0701 e. The maximum Gasteiger partial charge on any atom is 0.0701 e. The van der Waals surface area contributed by atoms with Crippen LogP contribution < -0.4 is 0 Å². The molecule has 0 unspecified atom stereocenters. The van der Waals surface area contributed by atoms with E-state index >= 15 is 0 Å². The number of hydrogen-bond donors (Lipinski definition) is 0. The number of rotatable bonds is 1. The fourth-order valence-corrected chi connectivity index (χ4v) is 1.80. The minimum Gasteiger partial charge on any atom is -0.378 e. The molecular formula is C14H29NO5. The van der Waals surface area contributed by atoms with Crippen molar-refractivity contribution in [3.63, 3.8) is 0 Å². The van der Waals surface area contributed by atoms with Gasteiger partial charge in [0.25, 0.3) is 0 Å². The molecule has 1 rings (SSSR count). The van der Waals surface area contributed by atoms with E-state index in [-0.39, 0.29) is 0 Å². The summed E-state index contributed by atoms with van der Waals surface area (Å²) in [7, 11) is 0. The van der Waals surface area contributed by atoms with Crippen molar-refractivity contribution in [2.45, 2.75) is 6.92 Å². The third-order valence-electron chi connectivity index (χ3n) is 3.04. The summed E-state index contributed by atoms with van der Waals surface area (Å²) in [6, 6.07) is 0. The fraction of sp³-hybridized carbons (Fsp3) is 1.00. The lowest BCUT2D eigenvalue weighted by atomic mass is 10.5. The number of hydrogen-bond acceptors (Lipinski definition) is 6. The molecule has 0 saturated carbocycles. The Morgan fingerprint density at radius 1 is 0.550 bits per heavy atom. The average molecular weight is 291 g/mol. The topological polar surface area (TPSA) is 49.4 Å². The third kappa shape index (κ3) is 10.5. The van der Waals surface area contributed by atoms with Crippen molar-refractivity contribution in [2.75, 3.05) is 85.7 Å². The second-order valence-corrected chi connectivity index (χ2v) is 4.50. The first-order chi connectivity index (χ1) is 9.93. The highest BCUT2D eigenvalue weighted by Crippen LogP contribution is 1.91. The minimum absolute atomic E-state index is 0.601. The van der Waals surface area contributed by atoms with E-state index in [1.807, 2.05) is 0 Å². The zero-order chi connectivity index (χ0) is 14.3. The molecule has 0 amide bonds. The molecule has 6 heteroatoms. The molecule has 1 saturated heterocycles. The average Bonchev–Trinajstić information content (AvgIpc) is 2.47. The Labute approximate surface area is 122 Å². The highest BCUT2D eigenvalue weighted by Gasteiger charge is 2.02. The molecule has 0 radical (unpaired) electrons. The summed E-state index contributed by atoms with van der Waals surface area (Å²) < 4.78 is 27.3. The van der Waals surface area contributed by atoms with Gasteiger partial charge in [0.15, 0.2) is 0 Å². The maximum atomic E-state index is 5.54. The Morgan fingerprint density at radius 2 is 0.850 bits per heavy atom. The SMILES string of the molecule is CCN1CCOCCOCCOCCOCCOCC1. The van der Waals surface area contributed by atoms with Gasteiger partial charge in [-0.1, -0.05) is 6.92 Å². The van der Waals surface area contributed by atoms with Crippen molar-refractivity contribution >= 4 is 0 Å². The van der Waals surface area contributed by atoms with Crippen LogP contribution in [0.25, 0.3) is 0 Å². The van der Waals surface area contributed by atoms with Gasteiger partial charge in [-0.2, -0.15) is 0 Å². The maximum absolute atomic E-state index is 5.54. The van der Waals surface area contributed by atoms with Crippen LogP contribution >= 0.6 is 0 Å². The molecule has 0 aromatic heterocycles. The van der Waals surface area contributed by atoms with Gasteiger partial charge in [0.2, 0.25) is 0 Å². The van der Waals surface area contributed by atoms with E-state index in [2.05, 4.69) is 11.8 Å². The van der Waals surface area contributed by atoms with Crippen LogP contribution in [-0.4, -0.2) is 90.6 Å². The largest absolute Gasteiger partial charge is 0.378 e. The van der Waals surface area contributed by atoms with Crippen LogP contribution in [0.3, 0.4) is 0 Å². The quantitative estimate of drug-likeness (QED) is 0.697. The van der Waals surface area contributed by atoms with Crippen LogP contribution in [0.1, 0.15) is 6.92 Å². The minimum atomic E-state index is 0.601. The molecule has 0 bridgehead atoms. The van der Waals surface area contributed by atoms with Crippen LogP contribution in [0, 0.1) is 0 Å². The Hall–Kier alpha value is -0.240. The van der Waals surface area contributed by atoms with E-state index in [0.29, 0.717) is 52.9 Å². The highest BCUT2D eigenvalue weighted by atomic mass is 16.6. The monoisotopic (exact) mass is 291 g/mol. The molecule has 1 aliphatic rings. The Morgan fingerprint density at radius 3 is 1.15 bits per heavy atom. The van der Waals surface area contributed by atoms with E-state index in [1.165, 1.54) is 0 Å². The van der Waals surface area contributed by atoms with Gasteiger partial charge in [-0.15, -0.1) is 0 Å². The molecule has 1 fully saturated rings. The molecule has 20 heavy (non-hydrogen) atoms. The second kappa shape index (κ2) is 13.7. The van der Waals surface area contributed by atoms with Crippen LogP contribution in [0.4, 0.5) is 0 Å². The standard InChI is InChI=1S/C14H29NO5/c1-2-15-3-5-16-7-9-18-11-13-20-14-12-19-10-8-17-6-4-15/h2-14H2,1H3. The highest BCUT2D eigenvalue weighted by molar-refractivity contribution is 4.54. The first-order valence-corrected chi connectivity index (χ1v) is 7.54. The number of likely N-dealkylation sites (N-methyl/N-ethyl adjacent to an activating group) is 1. The number of nitrogens with zero attached hydrogens (tertiary/aromatic N) is 1. The lowest BCUT2D eigenvalue weighted by Gasteiger charge is -2.20. The van der Waals surface area contributed by atoms with Crippen LogP contribution in [0.15, 0.2) is 0 Å². The Balaban J connectivity index is 2.14. The molecule has 1 aliphatic heterocycles. The third-order valence-corrected chi connectivity index (χ3v) is 3.04. The normalized spacial score (nSPS) is 23.9. The molecule has 0 spiro atoms. The van der Waals surface area contributed by atoms with Crippen LogP contribution in [0.5, 0.6) is 0 Å². The summed E-state index contributed by atoms with van der Waals surface area (Å²) in [4.78, 5) is 2.32. The zero-order valence-corrected chi connectivity index (χ0v) is 12.7. The first-order valence-electron chi connectivity index (χ1n) is 7.54. The van der Waals surface area contributed by atoms with Gasteiger partial charge in [0.05, 0.1) is 66.1 Å². The Bertz CT molecular complexity index is 188. The van der Waals surface area contributed by atoms with Gasteiger partial charge in [-0.25, -0.2) is 0 Å². The first kappa shape index (κ1) is 17.8. The van der Waals surface area contributed by atoms with Crippen molar-refractivity contribution in [3.05, 3.63) is 0 Å². The molecule has 0 N–H and O–H groups in total. The molecule has 0 aromatic rings. The molecule has 0 aromatic carbocycles. The molecule has 6 nitrogen and oxygen atoms in total. The van der Waals surface area contributed by atoms with E-state index < -0.39 is 0 Å². The fourth-order valence-electron chi connectivity index (χ4n) is 1.80. The Kier molecular flexibility index (Phi) is 12.2. The lowest BCUT2D eigenvalue weighted by Crippen LogP contribution is -2.31. The van der Waals surface area contributed by atoms with Gasteiger partial charge in [0, 0.05) is 13.1 Å². The van der Waals surface area contributed by atoms with Gasteiger partial charge in [-0.05, 0) is 6.54 Å². The molecule has 0 atom stereocenters. The van der Waals surface area contributed by atoms with Gasteiger partial charge in [0.1, 0.15) is 0 Å². The van der Waals surface area contributed by atoms with Crippen molar-refractivity contribution < 1.29 is 23.7 Å². The van der Waals surface area contributed by atoms with E-state index in [9.17, 15) is 0 Å². The molecular weight excluding hydrogens is 262 g/mol. The molecule has 120 valence electrons. The van der Waals surface area contributed by atoms with Crippen LogP contribution in [0.2, 0.25) is 0 Å². The summed E-state index contributed by atoms with van der Waals surface area (Å²) in [6.45, 7) is 11.4. The van der Waals surface area contributed by atoms with Crippen LogP contribution in [-0.2, 0) is 23.7 Å². The van der Waals surface area contributed by atoms with Crippen molar-refractivity contribution in [2.24, 2.45) is 0 Å². The van der Waals surface area contributed by atoms with E-state index in [0.717, 1.165) is 32.8 Å². The van der Waals surface area contributed by atoms with E-state index in [4.69, 9.17) is 23.7 Å². The lowest BCUT2D eigenvalue weighted by molar-refractivity contribution is -0.0182. The number of ether oxygens (including phenoxy) is 5. The predicted octanol–water partition coefficient (Wildman–Crippen LogP) is 0.405. The van der Waals surface area contributed by atoms with Crippen molar-refractivity contribution in [1.82, 2.24) is 4.90 Å². The zero-order valence-electron chi connectivity index (χ0n) is 12.7. The van der Waals surface area contributed by atoms with Crippen molar-refractivity contribution in [3.8, 4) is 0 Å². The van der Waals surface area contributed by atoms with E-state index in [1.54, 1.807) is 0 Å². The summed E-state index contributed by atoms with van der Waals surface area (Å²) in [5.41, 5.74) is 0. The summed E-state index contributed by atoms with van der Waals surface area (Å²) in [5.74, 6) is 0. The van der Waals surface area contributed by atoms with Crippen molar-refractivity contribution in [1.29, 1.82) is 0 Å². The van der Waals surface area contributed by atoms with Gasteiger partial charge < -0.3 is 23.7 Å². The predicted molar refractivity (Wildman–Crippen MR) is 76.2 cm³/mol. The summed E-state index contributed by atoms with van der Waals surface area (Å²) in [5, 5.41) is 0. The van der Waals surface area contributed by atoms with Gasteiger partial charge >= 0.3 is 0 Å². The summed E-state index contributed by atoms with van der Waals surface area (Å²) in [6.07, 6.45) is 0. The second-order valence-electron chi connectivity index (χ2n) is 4.50.